The lowest BCUT2D eigenvalue weighted by Crippen LogP contribution is -2.43. The van der Waals surface area contributed by atoms with Crippen molar-refractivity contribution in [3.8, 4) is 0 Å². The van der Waals surface area contributed by atoms with Crippen molar-refractivity contribution in [2.75, 3.05) is 10.6 Å². The molecular weight excluding hydrogens is 354 g/mol. The number of nitrogens with zero attached hydrogens (tertiary/aromatic N) is 4. The maximum atomic E-state index is 9.70. The van der Waals surface area contributed by atoms with Gasteiger partial charge in [0.1, 0.15) is 11.3 Å². The van der Waals surface area contributed by atoms with Gasteiger partial charge in [-0.05, 0) is 31.8 Å². The molecule has 0 aliphatic heterocycles. The fourth-order valence-corrected chi connectivity index (χ4v) is 3.26. The number of nitrogens with one attached hydrogen (secondary N) is 3. The van der Waals surface area contributed by atoms with Gasteiger partial charge in [-0.15, -0.1) is 0 Å². The summed E-state index contributed by atoms with van der Waals surface area (Å²) in [6, 6.07) is 0.444. The molecule has 3 unspecified atom stereocenters. The molecular formula is C17H24ClN7O. The molecule has 3 rings (SSSR count). The molecule has 2 heterocycles. The van der Waals surface area contributed by atoms with Crippen molar-refractivity contribution in [3.63, 3.8) is 0 Å². The lowest BCUT2D eigenvalue weighted by molar-refractivity contribution is 0.154. The molecule has 140 valence electrons. The zero-order valence-corrected chi connectivity index (χ0v) is 15.4. The van der Waals surface area contributed by atoms with Gasteiger partial charge in [0.15, 0.2) is 5.82 Å². The number of hydrogen-bond donors (Lipinski definition) is 4. The summed E-state index contributed by atoms with van der Waals surface area (Å²) in [5.74, 6) is 1.06. The van der Waals surface area contributed by atoms with E-state index in [4.69, 9.17) is 11.6 Å². The van der Waals surface area contributed by atoms with E-state index in [9.17, 15) is 5.11 Å². The molecule has 0 radical (unpaired) electrons. The van der Waals surface area contributed by atoms with Crippen molar-refractivity contribution in [1.29, 1.82) is 0 Å². The topological polar surface area (TPSA) is 99.9 Å². The van der Waals surface area contributed by atoms with Gasteiger partial charge in [-0.3, -0.25) is 10.00 Å². The second-order valence-electron chi connectivity index (χ2n) is 6.47. The van der Waals surface area contributed by atoms with Crippen LogP contribution in [0.3, 0.4) is 0 Å². The van der Waals surface area contributed by atoms with Crippen molar-refractivity contribution in [1.82, 2.24) is 25.1 Å². The fraction of sp³-hybridized carbons (Fsp3) is 0.471. The highest BCUT2D eigenvalue weighted by Gasteiger charge is 2.23. The standard InChI is InChI=1S/C17H24ClN7O/c1-3-15(26)21-11-5-4-6-12(7-11)22-16-14(18)9-19-17(24-16)23-13-8-20-25(2)10-13/h3,8-12,15,21,26H,1,4-7H2,2H3,(H2,19,22,23,24). The molecule has 3 atom stereocenters. The quantitative estimate of drug-likeness (QED) is 0.434. The van der Waals surface area contributed by atoms with E-state index in [0.717, 1.165) is 31.4 Å². The molecule has 1 saturated carbocycles. The average Bonchev–Trinajstić information content (AvgIpc) is 3.03. The Morgan fingerprint density at radius 1 is 1.38 bits per heavy atom. The van der Waals surface area contributed by atoms with Crippen LogP contribution < -0.4 is 16.0 Å². The van der Waals surface area contributed by atoms with Crippen molar-refractivity contribution >= 4 is 29.1 Å². The van der Waals surface area contributed by atoms with Crippen LogP contribution in [0.4, 0.5) is 17.5 Å². The van der Waals surface area contributed by atoms with Crippen molar-refractivity contribution < 1.29 is 5.11 Å². The van der Waals surface area contributed by atoms with E-state index >= 15 is 0 Å². The first-order chi connectivity index (χ1) is 12.5. The predicted octanol–water partition coefficient (Wildman–Crippen LogP) is 2.42. The van der Waals surface area contributed by atoms with Crippen LogP contribution in [0.25, 0.3) is 0 Å². The minimum absolute atomic E-state index is 0.219. The van der Waals surface area contributed by atoms with Gasteiger partial charge in [0.2, 0.25) is 5.95 Å². The summed E-state index contributed by atoms with van der Waals surface area (Å²) < 4.78 is 1.70. The van der Waals surface area contributed by atoms with Gasteiger partial charge >= 0.3 is 0 Å². The van der Waals surface area contributed by atoms with Gasteiger partial charge in [-0.2, -0.15) is 10.1 Å². The Kier molecular flexibility index (Phi) is 6.08. The van der Waals surface area contributed by atoms with E-state index in [1.54, 1.807) is 17.1 Å². The summed E-state index contributed by atoms with van der Waals surface area (Å²) in [7, 11) is 1.84. The first-order valence-corrected chi connectivity index (χ1v) is 9.02. The third-order valence-corrected chi connectivity index (χ3v) is 4.63. The van der Waals surface area contributed by atoms with Crippen LogP contribution in [0.5, 0.6) is 0 Å². The number of rotatable bonds is 7. The average molecular weight is 378 g/mol. The van der Waals surface area contributed by atoms with Gasteiger partial charge in [0.05, 0.1) is 18.1 Å². The monoisotopic (exact) mass is 377 g/mol. The van der Waals surface area contributed by atoms with E-state index < -0.39 is 6.23 Å². The molecule has 1 aliphatic carbocycles. The van der Waals surface area contributed by atoms with Gasteiger partial charge in [0, 0.05) is 25.3 Å². The molecule has 0 amide bonds. The molecule has 1 fully saturated rings. The molecule has 0 bridgehead atoms. The van der Waals surface area contributed by atoms with Crippen LogP contribution >= 0.6 is 11.6 Å². The first kappa shape index (κ1) is 18.6. The van der Waals surface area contributed by atoms with Crippen LogP contribution in [0.2, 0.25) is 5.02 Å². The van der Waals surface area contributed by atoms with Crippen LogP contribution in [-0.2, 0) is 7.05 Å². The largest absolute Gasteiger partial charge is 0.375 e. The van der Waals surface area contributed by atoms with Crippen LogP contribution in [0, 0.1) is 0 Å². The number of aryl methyl sites for hydroxylation is 1. The highest BCUT2D eigenvalue weighted by atomic mass is 35.5. The normalized spacial score (nSPS) is 21.2. The third-order valence-electron chi connectivity index (χ3n) is 4.35. The molecule has 8 nitrogen and oxygen atoms in total. The summed E-state index contributed by atoms with van der Waals surface area (Å²) in [4.78, 5) is 8.70. The predicted molar refractivity (Wildman–Crippen MR) is 103 cm³/mol. The SMILES string of the molecule is C=CC(O)NC1CCCC(Nc2nc(Nc3cnn(C)c3)ncc2Cl)C1. The zero-order valence-electron chi connectivity index (χ0n) is 14.7. The maximum absolute atomic E-state index is 9.70. The van der Waals surface area contributed by atoms with Crippen LogP contribution in [0.1, 0.15) is 25.7 Å². The summed E-state index contributed by atoms with van der Waals surface area (Å²) in [6.45, 7) is 3.59. The van der Waals surface area contributed by atoms with E-state index in [2.05, 4.69) is 37.6 Å². The van der Waals surface area contributed by atoms with Crippen LogP contribution in [0.15, 0.2) is 31.2 Å². The fourth-order valence-electron chi connectivity index (χ4n) is 3.12. The maximum Gasteiger partial charge on any atom is 0.229 e. The molecule has 26 heavy (non-hydrogen) atoms. The number of anilines is 3. The molecule has 1 aliphatic rings. The smallest absolute Gasteiger partial charge is 0.229 e. The molecule has 0 spiro atoms. The Bertz CT molecular complexity index is 750. The number of hydrogen-bond acceptors (Lipinski definition) is 7. The van der Waals surface area contributed by atoms with E-state index in [-0.39, 0.29) is 12.1 Å². The Balaban J connectivity index is 1.64. The van der Waals surface area contributed by atoms with E-state index in [0.29, 0.717) is 16.8 Å². The van der Waals surface area contributed by atoms with Crippen LogP contribution in [-0.4, -0.2) is 43.2 Å². The molecule has 0 aromatic carbocycles. The Morgan fingerprint density at radius 2 is 2.19 bits per heavy atom. The minimum Gasteiger partial charge on any atom is -0.375 e. The lowest BCUT2D eigenvalue weighted by Gasteiger charge is -2.31. The molecule has 4 N–H and O–H groups in total. The second kappa shape index (κ2) is 8.48. The number of aliphatic hydroxyl groups is 1. The third kappa shape index (κ3) is 4.94. The Morgan fingerprint density at radius 3 is 2.92 bits per heavy atom. The first-order valence-electron chi connectivity index (χ1n) is 8.65. The van der Waals surface area contributed by atoms with Gasteiger partial charge in [-0.1, -0.05) is 18.2 Å². The van der Waals surface area contributed by atoms with Gasteiger partial charge in [0.25, 0.3) is 0 Å². The van der Waals surface area contributed by atoms with E-state index in [1.165, 1.54) is 6.08 Å². The van der Waals surface area contributed by atoms with Crippen molar-refractivity contribution in [3.05, 3.63) is 36.3 Å². The molecule has 2 aromatic rings. The van der Waals surface area contributed by atoms with Gasteiger partial charge in [-0.25, -0.2) is 4.98 Å². The number of aliphatic hydroxyl groups excluding tert-OH is 1. The zero-order chi connectivity index (χ0) is 18.5. The number of halogens is 1. The summed E-state index contributed by atoms with van der Waals surface area (Å²) in [5, 5.41) is 24.0. The molecule has 0 saturated heterocycles. The highest BCUT2D eigenvalue weighted by Crippen LogP contribution is 2.26. The Labute approximate surface area is 157 Å². The number of aromatic nitrogens is 4. The second-order valence-corrected chi connectivity index (χ2v) is 6.88. The van der Waals surface area contributed by atoms with E-state index in [1.807, 2.05) is 13.2 Å². The summed E-state index contributed by atoms with van der Waals surface area (Å²) >= 11 is 6.27. The highest BCUT2D eigenvalue weighted by molar-refractivity contribution is 6.32. The van der Waals surface area contributed by atoms with Crippen molar-refractivity contribution in [2.24, 2.45) is 7.05 Å². The Hall–Kier alpha value is -2.16. The summed E-state index contributed by atoms with van der Waals surface area (Å²) in [5.41, 5.74) is 0.807. The van der Waals surface area contributed by atoms with Crippen molar-refractivity contribution in [2.45, 2.75) is 44.0 Å². The molecule has 2 aromatic heterocycles. The summed E-state index contributed by atoms with van der Waals surface area (Å²) in [6.07, 6.45) is 9.91. The van der Waals surface area contributed by atoms with Gasteiger partial charge < -0.3 is 15.7 Å². The minimum atomic E-state index is -0.684. The lowest BCUT2D eigenvalue weighted by atomic mass is 9.91. The molecule has 9 heteroatoms.